The van der Waals surface area contributed by atoms with Crippen molar-refractivity contribution in [1.82, 2.24) is 0 Å². The summed E-state index contributed by atoms with van der Waals surface area (Å²) in [7, 11) is 0. The summed E-state index contributed by atoms with van der Waals surface area (Å²) in [5, 5.41) is 5.26. The molecule has 0 bridgehead atoms. The molecule has 0 aromatic heterocycles. The Balaban J connectivity index is 1.88. The molecule has 0 spiro atoms. The van der Waals surface area contributed by atoms with Gasteiger partial charge in [-0.3, -0.25) is 4.79 Å². The molecule has 0 saturated heterocycles. The predicted octanol–water partition coefficient (Wildman–Crippen LogP) is 2.41. The summed E-state index contributed by atoms with van der Waals surface area (Å²) >= 11 is 0. The molecule has 6 nitrogen and oxygen atoms in total. The molecule has 22 heavy (non-hydrogen) atoms. The van der Waals surface area contributed by atoms with E-state index in [1.165, 1.54) is 32.1 Å². The molecule has 0 radical (unpaired) electrons. The number of urea groups is 1. The number of nitrogens with two attached hydrogens (primary N) is 2. The topological polar surface area (TPSA) is 110 Å². The lowest BCUT2D eigenvalue weighted by atomic mass is 9.85. The van der Waals surface area contributed by atoms with Crippen LogP contribution < -0.4 is 22.1 Å². The quantitative estimate of drug-likeness (QED) is 0.670. The number of carbonyl (C=O) groups excluding carboxylic acids is 2. The van der Waals surface area contributed by atoms with Crippen LogP contribution in [0.3, 0.4) is 0 Å². The maximum absolute atomic E-state index is 12.2. The first-order valence-corrected chi connectivity index (χ1v) is 7.77. The van der Waals surface area contributed by atoms with E-state index in [2.05, 4.69) is 10.6 Å². The maximum atomic E-state index is 12.2. The van der Waals surface area contributed by atoms with Gasteiger partial charge in [-0.15, -0.1) is 0 Å². The second-order valence-corrected chi connectivity index (χ2v) is 5.91. The second-order valence-electron chi connectivity index (χ2n) is 5.91. The van der Waals surface area contributed by atoms with Crippen LogP contribution in [0, 0.1) is 5.92 Å². The van der Waals surface area contributed by atoms with Crippen LogP contribution >= 0.6 is 0 Å². The lowest BCUT2D eigenvalue weighted by Crippen LogP contribution is -2.37. The highest BCUT2D eigenvalue weighted by atomic mass is 16.2. The van der Waals surface area contributed by atoms with E-state index >= 15 is 0 Å². The van der Waals surface area contributed by atoms with Crippen LogP contribution in [0.2, 0.25) is 0 Å². The molecule has 6 heteroatoms. The lowest BCUT2D eigenvalue weighted by molar-refractivity contribution is -0.117. The number of carbonyl (C=O) groups is 2. The standard InChI is InChI=1S/C16H24N4O2/c17-14(9-11-5-2-1-3-6-11)15(21)19-12-7-4-8-13(10-12)20-16(18)22/h4,7-8,10-11,14H,1-3,5-6,9,17H2,(H,19,21)(H3,18,20,22). The highest BCUT2D eigenvalue weighted by Gasteiger charge is 2.21. The van der Waals surface area contributed by atoms with Crippen LogP contribution in [-0.4, -0.2) is 18.0 Å². The zero-order valence-corrected chi connectivity index (χ0v) is 12.7. The first kappa shape index (κ1) is 16.3. The summed E-state index contributed by atoms with van der Waals surface area (Å²) in [4.78, 5) is 23.0. The fraction of sp³-hybridized carbons (Fsp3) is 0.500. The summed E-state index contributed by atoms with van der Waals surface area (Å²) in [6.07, 6.45) is 6.82. The van der Waals surface area contributed by atoms with Crippen molar-refractivity contribution < 1.29 is 9.59 Å². The van der Waals surface area contributed by atoms with E-state index in [1.54, 1.807) is 24.3 Å². The van der Waals surface area contributed by atoms with Gasteiger partial charge in [0.15, 0.2) is 0 Å². The second kappa shape index (κ2) is 7.79. The van der Waals surface area contributed by atoms with Crippen LogP contribution in [0.25, 0.3) is 0 Å². The molecule has 0 aliphatic heterocycles. The summed E-state index contributed by atoms with van der Waals surface area (Å²) in [6, 6.07) is 5.68. The SMILES string of the molecule is NC(=O)Nc1cccc(NC(=O)C(N)CC2CCCCC2)c1. The van der Waals surface area contributed by atoms with Crippen molar-refractivity contribution in [2.45, 2.75) is 44.6 Å². The molecule has 6 N–H and O–H groups in total. The first-order chi connectivity index (χ1) is 10.5. The Kier molecular flexibility index (Phi) is 5.77. The molecule has 1 fully saturated rings. The molecule has 1 saturated carbocycles. The van der Waals surface area contributed by atoms with Gasteiger partial charge in [0.25, 0.3) is 0 Å². The van der Waals surface area contributed by atoms with Gasteiger partial charge in [0, 0.05) is 11.4 Å². The Morgan fingerprint density at radius 2 is 1.77 bits per heavy atom. The number of amides is 3. The normalized spacial score (nSPS) is 16.8. The van der Waals surface area contributed by atoms with Crippen molar-refractivity contribution in [1.29, 1.82) is 0 Å². The molecular formula is C16H24N4O2. The minimum atomic E-state index is -0.641. The summed E-state index contributed by atoms with van der Waals surface area (Å²) in [5.41, 5.74) is 12.2. The van der Waals surface area contributed by atoms with E-state index in [0.717, 1.165) is 6.42 Å². The van der Waals surface area contributed by atoms with Gasteiger partial charge in [-0.1, -0.05) is 38.2 Å². The van der Waals surface area contributed by atoms with Gasteiger partial charge < -0.3 is 22.1 Å². The minimum absolute atomic E-state index is 0.193. The number of anilines is 2. The summed E-state index contributed by atoms with van der Waals surface area (Å²) in [6.45, 7) is 0. The Bertz CT molecular complexity index is 527. The largest absolute Gasteiger partial charge is 0.351 e. The Morgan fingerprint density at radius 1 is 1.14 bits per heavy atom. The number of nitrogens with one attached hydrogen (secondary N) is 2. The highest BCUT2D eigenvalue weighted by molar-refractivity contribution is 5.95. The molecule has 120 valence electrons. The van der Waals surface area contributed by atoms with Crippen molar-refractivity contribution in [2.75, 3.05) is 10.6 Å². The Hall–Kier alpha value is -2.08. The van der Waals surface area contributed by atoms with Gasteiger partial charge >= 0.3 is 6.03 Å². The fourth-order valence-corrected chi connectivity index (χ4v) is 2.94. The zero-order chi connectivity index (χ0) is 15.9. The third-order valence-electron chi connectivity index (χ3n) is 4.05. The van der Waals surface area contributed by atoms with Crippen LogP contribution in [0.15, 0.2) is 24.3 Å². The predicted molar refractivity (Wildman–Crippen MR) is 87.4 cm³/mol. The van der Waals surface area contributed by atoms with Gasteiger partial charge in [0.1, 0.15) is 0 Å². The van der Waals surface area contributed by atoms with E-state index in [1.807, 2.05) is 0 Å². The van der Waals surface area contributed by atoms with Crippen LogP contribution in [-0.2, 0) is 4.79 Å². The molecule has 2 rings (SSSR count). The average molecular weight is 304 g/mol. The maximum Gasteiger partial charge on any atom is 0.316 e. The molecule has 1 aliphatic carbocycles. The molecule has 1 atom stereocenters. The Labute approximate surface area is 130 Å². The van der Waals surface area contributed by atoms with Gasteiger partial charge in [-0.05, 0) is 30.5 Å². The molecule has 1 aromatic carbocycles. The van der Waals surface area contributed by atoms with Crippen molar-refractivity contribution >= 4 is 23.3 Å². The van der Waals surface area contributed by atoms with Gasteiger partial charge in [-0.25, -0.2) is 4.79 Å². The zero-order valence-electron chi connectivity index (χ0n) is 12.7. The van der Waals surface area contributed by atoms with Crippen molar-refractivity contribution in [3.63, 3.8) is 0 Å². The van der Waals surface area contributed by atoms with E-state index in [9.17, 15) is 9.59 Å². The molecule has 1 unspecified atom stereocenters. The summed E-state index contributed by atoms with van der Waals surface area (Å²) in [5.74, 6) is 0.360. The fourth-order valence-electron chi connectivity index (χ4n) is 2.94. The van der Waals surface area contributed by atoms with Crippen molar-refractivity contribution in [3.05, 3.63) is 24.3 Å². The number of hydrogen-bond donors (Lipinski definition) is 4. The average Bonchev–Trinajstić information content (AvgIpc) is 2.48. The van der Waals surface area contributed by atoms with E-state index in [-0.39, 0.29) is 5.91 Å². The molecule has 1 aromatic rings. The van der Waals surface area contributed by atoms with Crippen LogP contribution in [0.5, 0.6) is 0 Å². The third-order valence-corrected chi connectivity index (χ3v) is 4.05. The van der Waals surface area contributed by atoms with Crippen molar-refractivity contribution in [2.24, 2.45) is 17.4 Å². The Morgan fingerprint density at radius 3 is 2.41 bits per heavy atom. The van der Waals surface area contributed by atoms with Gasteiger partial charge in [0.05, 0.1) is 6.04 Å². The lowest BCUT2D eigenvalue weighted by Gasteiger charge is -2.24. The van der Waals surface area contributed by atoms with E-state index in [0.29, 0.717) is 17.3 Å². The first-order valence-electron chi connectivity index (χ1n) is 7.77. The van der Waals surface area contributed by atoms with Crippen LogP contribution in [0.1, 0.15) is 38.5 Å². The van der Waals surface area contributed by atoms with E-state index < -0.39 is 12.1 Å². The van der Waals surface area contributed by atoms with Gasteiger partial charge in [-0.2, -0.15) is 0 Å². The number of hydrogen-bond acceptors (Lipinski definition) is 3. The third kappa shape index (κ3) is 5.04. The highest BCUT2D eigenvalue weighted by Crippen LogP contribution is 2.27. The number of benzene rings is 1. The van der Waals surface area contributed by atoms with Crippen molar-refractivity contribution in [3.8, 4) is 0 Å². The molecular weight excluding hydrogens is 280 g/mol. The molecule has 3 amide bonds. The number of primary amides is 1. The van der Waals surface area contributed by atoms with Crippen LogP contribution in [0.4, 0.5) is 16.2 Å². The minimum Gasteiger partial charge on any atom is -0.351 e. The number of rotatable bonds is 5. The summed E-state index contributed by atoms with van der Waals surface area (Å²) < 4.78 is 0. The molecule has 1 aliphatic rings. The smallest absolute Gasteiger partial charge is 0.316 e. The molecule has 0 heterocycles. The monoisotopic (exact) mass is 304 g/mol. The van der Waals surface area contributed by atoms with Gasteiger partial charge in [0.2, 0.25) is 5.91 Å². The van der Waals surface area contributed by atoms with E-state index in [4.69, 9.17) is 11.5 Å².